The number of nitrogens with one attached hydrogen (secondary N) is 2. The molecule has 0 aliphatic heterocycles. The van der Waals surface area contributed by atoms with Gasteiger partial charge in [-0.1, -0.05) is 13.3 Å². The second kappa shape index (κ2) is 11.4. The number of ether oxygens (including phenoxy) is 1. The van der Waals surface area contributed by atoms with Crippen LogP contribution in [-0.4, -0.2) is 26.1 Å². The maximum Gasteiger partial charge on any atom is 0.224 e. The fourth-order valence-corrected chi connectivity index (χ4v) is 1.84. The third kappa shape index (κ3) is 7.93. The van der Waals surface area contributed by atoms with Crippen LogP contribution in [0, 0.1) is 6.92 Å². The van der Waals surface area contributed by atoms with Crippen LogP contribution in [0.3, 0.4) is 0 Å². The van der Waals surface area contributed by atoms with Crippen LogP contribution >= 0.6 is 12.4 Å². The highest BCUT2D eigenvalue weighted by atomic mass is 35.5. The third-order valence-electron chi connectivity index (χ3n) is 3.07. The number of halogens is 1. The largest absolute Gasteiger partial charge is 0.494 e. The highest BCUT2D eigenvalue weighted by Gasteiger charge is 2.05. The molecule has 0 radical (unpaired) electrons. The molecule has 0 unspecified atom stereocenters. The Morgan fingerprint density at radius 2 is 2.05 bits per heavy atom. The Bertz CT molecular complexity index is 425. The van der Waals surface area contributed by atoms with Crippen molar-refractivity contribution in [3.05, 3.63) is 23.8 Å². The molecular weight excluding hydrogens is 288 g/mol. The van der Waals surface area contributed by atoms with E-state index in [9.17, 15) is 4.79 Å². The van der Waals surface area contributed by atoms with Crippen molar-refractivity contribution in [2.75, 3.05) is 25.5 Å². The zero-order valence-corrected chi connectivity index (χ0v) is 14.0. The zero-order valence-electron chi connectivity index (χ0n) is 13.2. The van der Waals surface area contributed by atoms with Gasteiger partial charge in [-0.05, 0) is 57.1 Å². The molecule has 1 aromatic rings. The fourth-order valence-electron chi connectivity index (χ4n) is 1.84. The quantitative estimate of drug-likeness (QED) is 0.686. The topological polar surface area (TPSA) is 50.4 Å². The average molecular weight is 315 g/mol. The molecule has 0 bridgehead atoms. The van der Waals surface area contributed by atoms with Crippen LogP contribution in [0.25, 0.3) is 0 Å². The smallest absolute Gasteiger partial charge is 0.224 e. The van der Waals surface area contributed by atoms with Gasteiger partial charge in [-0.15, -0.1) is 12.4 Å². The molecule has 5 heteroatoms. The Hall–Kier alpha value is -1.26. The van der Waals surface area contributed by atoms with E-state index in [2.05, 4.69) is 17.6 Å². The summed E-state index contributed by atoms with van der Waals surface area (Å²) in [5, 5.41) is 5.97. The first kappa shape index (κ1) is 19.7. The van der Waals surface area contributed by atoms with Gasteiger partial charge in [0.2, 0.25) is 5.91 Å². The molecule has 0 aromatic heterocycles. The fraction of sp³-hybridized carbons (Fsp3) is 0.562. The zero-order chi connectivity index (χ0) is 14.8. The van der Waals surface area contributed by atoms with E-state index in [-0.39, 0.29) is 18.3 Å². The molecule has 0 saturated heterocycles. The van der Waals surface area contributed by atoms with Crippen LogP contribution in [0.4, 0.5) is 5.69 Å². The van der Waals surface area contributed by atoms with Gasteiger partial charge in [0.05, 0.1) is 6.61 Å². The molecule has 0 saturated carbocycles. The first-order valence-corrected chi connectivity index (χ1v) is 7.35. The van der Waals surface area contributed by atoms with Gasteiger partial charge in [-0.3, -0.25) is 4.79 Å². The Morgan fingerprint density at radius 3 is 2.67 bits per heavy atom. The van der Waals surface area contributed by atoms with Crippen molar-refractivity contribution in [2.45, 2.75) is 39.5 Å². The number of amides is 1. The lowest BCUT2D eigenvalue weighted by molar-refractivity contribution is -0.116. The van der Waals surface area contributed by atoms with E-state index in [1.807, 2.05) is 32.2 Å². The monoisotopic (exact) mass is 314 g/mol. The predicted octanol–water partition coefficient (Wildman–Crippen LogP) is 3.53. The molecule has 0 aliphatic carbocycles. The highest BCUT2D eigenvalue weighted by molar-refractivity contribution is 5.91. The first-order valence-electron chi connectivity index (χ1n) is 7.35. The summed E-state index contributed by atoms with van der Waals surface area (Å²) in [5.41, 5.74) is 1.89. The highest BCUT2D eigenvalue weighted by Crippen LogP contribution is 2.21. The van der Waals surface area contributed by atoms with Crippen molar-refractivity contribution in [3.8, 4) is 5.75 Å². The van der Waals surface area contributed by atoms with Crippen molar-refractivity contribution in [2.24, 2.45) is 0 Å². The van der Waals surface area contributed by atoms with Gasteiger partial charge in [0, 0.05) is 12.1 Å². The van der Waals surface area contributed by atoms with Gasteiger partial charge in [0.15, 0.2) is 0 Å². The number of anilines is 1. The molecular formula is C16H27ClN2O2. The minimum absolute atomic E-state index is 0. The molecule has 0 spiro atoms. The number of carbonyl (C=O) groups is 1. The summed E-state index contributed by atoms with van der Waals surface area (Å²) in [6, 6.07) is 5.79. The number of rotatable bonds is 9. The van der Waals surface area contributed by atoms with Gasteiger partial charge >= 0.3 is 0 Å². The number of benzene rings is 1. The molecule has 120 valence electrons. The average Bonchev–Trinajstić information content (AvgIpc) is 2.42. The van der Waals surface area contributed by atoms with Crippen LogP contribution in [0.5, 0.6) is 5.75 Å². The molecule has 1 rings (SSSR count). The van der Waals surface area contributed by atoms with E-state index in [4.69, 9.17) is 4.74 Å². The van der Waals surface area contributed by atoms with Crippen molar-refractivity contribution >= 4 is 24.0 Å². The summed E-state index contributed by atoms with van der Waals surface area (Å²) < 4.78 is 5.65. The summed E-state index contributed by atoms with van der Waals surface area (Å²) in [7, 11) is 1.89. The normalized spacial score (nSPS) is 9.86. The van der Waals surface area contributed by atoms with Gasteiger partial charge in [0.1, 0.15) is 5.75 Å². The number of hydrogen-bond acceptors (Lipinski definition) is 3. The lowest BCUT2D eigenvalue weighted by Gasteiger charge is -2.11. The molecule has 2 N–H and O–H groups in total. The number of unbranched alkanes of at least 4 members (excludes halogenated alkanes) is 1. The predicted molar refractivity (Wildman–Crippen MR) is 90.6 cm³/mol. The standard InChI is InChI=1S/C16H26N2O2.ClH/c1-4-5-11-20-14-8-9-15(13(2)12-14)18-16(19)7-6-10-17-3;/h8-9,12,17H,4-7,10-11H2,1-3H3,(H,18,19);1H. The molecule has 21 heavy (non-hydrogen) atoms. The lowest BCUT2D eigenvalue weighted by atomic mass is 10.2. The van der Waals surface area contributed by atoms with E-state index in [0.717, 1.165) is 49.4 Å². The first-order chi connectivity index (χ1) is 9.67. The number of aryl methyl sites for hydroxylation is 1. The summed E-state index contributed by atoms with van der Waals surface area (Å²) in [5.74, 6) is 0.923. The van der Waals surface area contributed by atoms with Gasteiger partial charge in [-0.2, -0.15) is 0 Å². The van der Waals surface area contributed by atoms with E-state index in [0.29, 0.717) is 6.42 Å². The Balaban J connectivity index is 0.00000400. The van der Waals surface area contributed by atoms with E-state index >= 15 is 0 Å². The van der Waals surface area contributed by atoms with Gasteiger partial charge < -0.3 is 15.4 Å². The lowest BCUT2D eigenvalue weighted by Crippen LogP contribution is -2.15. The Labute approximate surface area is 134 Å². The summed E-state index contributed by atoms with van der Waals surface area (Å²) >= 11 is 0. The van der Waals surface area contributed by atoms with E-state index in [1.165, 1.54) is 0 Å². The van der Waals surface area contributed by atoms with E-state index in [1.54, 1.807) is 0 Å². The van der Waals surface area contributed by atoms with Crippen LogP contribution in [0.2, 0.25) is 0 Å². The molecule has 4 nitrogen and oxygen atoms in total. The van der Waals surface area contributed by atoms with Crippen molar-refractivity contribution in [3.63, 3.8) is 0 Å². The van der Waals surface area contributed by atoms with Crippen molar-refractivity contribution < 1.29 is 9.53 Å². The van der Waals surface area contributed by atoms with Crippen LogP contribution in [-0.2, 0) is 4.79 Å². The second-order valence-electron chi connectivity index (χ2n) is 4.93. The van der Waals surface area contributed by atoms with Gasteiger partial charge in [-0.25, -0.2) is 0 Å². The summed E-state index contributed by atoms with van der Waals surface area (Å²) in [6.45, 7) is 5.72. The maximum absolute atomic E-state index is 11.8. The maximum atomic E-state index is 11.8. The Morgan fingerprint density at radius 1 is 1.29 bits per heavy atom. The second-order valence-corrected chi connectivity index (χ2v) is 4.93. The van der Waals surface area contributed by atoms with Crippen molar-refractivity contribution in [1.82, 2.24) is 5.32 Å². The summed E-state index contributed by atoms with van der Waals surface area (Å²) in [6.07, 6.45) is 3.57. The Kier molecular flexibility index (Phi) is 10.7. The van der Waals surface area contributed by atoms with Crippen LogP contribution in [0.1, 0.15) is 38.2 Å². The minimum atomic E-state index is 0. The van der Waals surface area contributed by atoms with Gasteiger partial charge in [0.25, 0.3) is 0 Å². The van der Waals surface area contributed by atoms with Crippen LogP contribution < -0.4 is 15.4 Å². The SMILES string of the molecule is CCCCOc1ccc(NC(=O)CCCNC)c(C)c1.Cl. The molecule has 1 aromatic carbocycles. The molecule has 1 amide bonds. The van der Waals surface area contributed by atoms with Crippen LogP contribution in [0.15, 0.2) is 18.2 Å². The summed E-state index contributed by atoms with van der Waals surface area (Å²) in [4.78, 5) is 11.8. The number of hydrogen-bond donors (Lipinski definition) is 2. The minimum Gasteiger partial charge on any atom is -0.494 e. The molecule has 0 fully saturated rings. The van der Waals surface area contributed by atoms with E-state index < -0.39 is 0 Å². The number of carbonyl (C=O) groups excluding carboxylic acids is 1. The third-order valence-corrected chi connectivity index (χ3v) is 3.07. The molecule has 0 heterocycles. The molecule has 0 atom stereocenters. The van der Waals surface area contributed by atoms with Crippen molar-refractivity contribution in [1.29, 1.82) is 0 Å². The molecule has 0 aliphatic rings.